The number of carboxylic acid groups (broad SMARTS) is 1. The van der Waals surface area contributed by atoms with E-state index in [0.29, 0.717) is 16.9 Å². The van der Waals surface area contributed by atoms with E-state index in [1.54, 1.807) is 19.1 Å². The third kappa shape index (κ3) is 5.95. The van der Waals surface area contributed by atoms with Gasteiger partial charge in [0.25, 0.3) is 0 Å². The van der Waals surface area contributed by atoms with Gasteiger partial charge in [0, 0.05) is 17.4 Å². The van der Waals surface area contributed by atoms with Crippen molar-refractivity contribution in [3.63, 3.8) is 0 Å². The molecule has 0 saturated heterocycles. The molecular weight excluding hydrogens is 422 g/mol. The Bertz CT molecular complexity index is 1170. The first-order valence-electron chi connectivity index (χ1n) is 10.1. The molecule has 164 valence electrons. The Labute approximate surface area is 209 Å². The first-order chi connectivity index (χ1) is 14.7. The Kier molecular flexibility index (Phi) is 8.98. The second kappa shape index (κ2) is 11.1. The average Bonchev–Trinajstić information content (AvgIpc) is 3.06. The van der Waals surface area contributed by atoms with E-state index in [9.17, 15) is 19.1 Å². The van der Waals surface area contributed by atoms with Crippen LogP contribution in [0.4, 0.5) is 4.39 Å². The third-order valence-electron chi connectivity index (χ3n) is 5.11. The van der Waals surface area contributed by atoms with Crippen LogP contribution in [0.5, 0.6) is 0 Å². The van der Waals surface area contributed by atoms with E-state index < -0.39 is 24.3 Å². The Morgan fingerprint density at radius 3 is 2.53 bits per heavy atom. The van der Waals surface area contributed by atoms with Crippen molar-refractivity contribution in [2.75, 3.05) is 0 Å². The minimum Gasteiger partial charge on any atom is -1.00 e. The van der Waals surface area contributed by atoms with Crippen molar-refractivity contribution in [2.45, 2.75) is 45.6 Å². The molecule has 0 spiro atoms. The summed E-state index contributed by atoms with van der Waals surface area (Å²) in [5.41, 5.74) is 3.72. The number of furan rings is 1. The van der Waals surface area contributed by atoms with Crippen molar-refractivity contribution < 1.29 is 59.6 Å². The fourth-order valence-electron chi connectivity index (χ4n) is 3.57. The molecule has 0 bridgehead atoms. The fraction of sp³-hybridized carbons (Fsp3) is 0.280. The molecule has 32 heavy (non-hydrogen) atoms. The van der Waals surface area contributed by atoms with Crippen molar-refractivity contribution in [3.8, 4) is 11.1 Å². The van der Waals surface area contributed by atoms with Gasteiger partial charge in [-0.2, -0.15) is 0 Å². The number of rotatable bonds is 8. The molecule has 1 aromatic heterocycles. The van der Waals surface area contributed by atoms with Crippen LogP contribution in [0.15, 0.2) is 46.9 Å². The number of para-hydroxylation sites is 1. The smallest absolute Gasteiger partial charge is 1.00 e. The molecule has 1 atom stereocenters. The van der Waals surface area contributed by atoms with E-state index in [0.717, 1.165) is 22.1 Å². The van der Waals surface area contributed by atoms with Crippen LogP contribution in [0.25, 0.3) is 28.2 Å². The summed E-state index contributed by atoms with van der Waals surface area (Å²) >= 11 is 0. The number of carbonyl (C=O) groups excluding carboxylic acids is 1. The van der Waals surface area contributed by atoms with Crippen LogP contribution in [-0.4, -0.2) is 28.1 Å². The number of carboxylic acids is 1. The molecular formula is C25H26FNaO5. The van der Waals surface area contributed by atoms with Gasteiger partial charge in [-0.15, -0.1) is 0 Å². The first kappa shape index (κ1) is 26.0. The number of ketones is 1. The molecule has 1 heterocycles. The molecule has 1 unspecified atom stereocenters. The SMILES string of the molecule is Cc1cc(-c2c(C=CC(=O)CC(O)CC(=O)O)oc3c(C(C)C)cccc23)ccc1F.[H-].[Na+]. The molecule has 0 aliphatic carbocycles. The molecule has 2 aromatic carbocycles. The summed E-state index contributed by atoms with van der Waals surface area (Å²) < 4.78 is 20.0. The average molecular weight is 448 g/mol. The molecule has 0 saturated carbocycles. The van der Waals surface area contributed by atoms with Crippen molar-refractivity contribution >= 4 is 28.8 Å². The van der Waals surface area contributed by atoms with Gasteiger partial charge in [-0.25, -0.2) is 4.39 Å². The fourth-order valence-corrected chi connectivity index (χ4v) is 3.57. The molecule has 0 aliphatic rings. The van der Waals surface area contributed by atoms with Gasteiger partial charge in [0.2, 0.25) is 0 Å². The molecule has 3 rings (SSSR count). The van der Waals surface area contributed by atoms with Crippen LogP contribution in [0.2, 0.25) is 0 Å². The van der Waals surface area contributed by atoms with Crippen molar-refractivity contribution in [3.05, 3.63) is 65.2 Å². The predicted octanol–water partition coefficient (Wildman–Crippen LogP) is 2.60. The van der Waals surface area contributed by atoms with E-state index in [2.05, 4.69) is 13.8 Å². The number of fused-ring (bicyclic) bond motifs is 1. The minimum atomic E-state index is -1.25. The van der Waals surface area contributed by atoms with Gasteiger partial charge in [0.15, 0.2) is 5.78 Å². The van der Waals surface area contributed by atoms with Crippen LogP contribution >= 0.6 is 0 Å². The Hall–Kier alpha value is -2.25. The standard InChI is InChI=1S/C25H25FO5.Na.H/c1-14(2)19-5-4-6-20-24(16-7-9-21(26)15(3)11-16)22(31-25(19)20)10-8-17(27)12-18(28)13-23(29)30;;/h4-11,14,18,28H,12-13H2,1-3H3,(H,29,30);;/q;+1;-1. The van der Waals surface area contributed by atoms with E-state index in [-0.39, 0.29) is 49.1 Å². The number of halogens is 1. The van der Waals surface area contributed by atoms with Gasteiger partial charge in [-0.3, -0.25) is 9.59 Å². The normalized spacial score (nSPS) is 12.3. The first-order valence-corrected chi connectivity index (χ1v) is 10.1. The summed E-state index contributed by atoms with van der Waals surface area (Å²) in [5, 5.41) is 19.3. The summed E-state index contributed by atoms with van der Waals surface area (Å²) in [7, 11) is 0. The number of aliphatic carboxylic acids is 1. The number of aryl methyl sites for hydroxylation is 1. The number of hydrogen-bond acceptors (Lipinski definition) is 4. The van der Waals surface area contributed by atoms with Gasteiger partial charge in [0.1, 0.15) is 17.2 Å². The molecule has 0 amide bonds. The molecule has 3 aromatic rings. The number of benzene rings is 2. The van der Waals surface area contributed by atoms with Gasteiger partial charge < -0.3 is 16.1 Å². The van der Waals surface area contributed by atoms with Gasteiger partial charge in [-0.1, -0.05) is 38.1 Å². The maximum Gasteiger partial charge on any atom is 1.00 e. The second-order valence-electron chi connectivity index (χ2n) is 7.94. The molecule has 0 radical (unpaired) electrons. The van der Waals surface area contributed by atoms with Crippen LogP contribution < -0.4 is 29.6 Å². The predicted molar refractivity (Wildman–Crippen MR) is 118 cm³/mol. The monoisotopic (exact) mass is 448 g/mol. The Morgan fingerprint density at radius 2 is 1.91 bits per heavy atom. The largest absolute Gasteiger partial charge is 1.00 e. The maximum atomic E-state index is 13.8. The van der Waals surface area contributed by atoms with E-state index in [1.807, 2.05) is 18.2 Å². The van der Waals surface area contributed by atoms with Crippen LogP contribution in [-0.2, 0) is 9.59 Å². The van der Waals surface area contributed by atoms with E-state index >= 15 is 0 Å². The van der Waals surface area contributed by atoms with Crippen LogP contribution in [0.3, 0.4) is 0 Å². The Morgan fingerprint density at radius 1 is 1.19 bits per heavy atom. The van der Waals surface area contributed by atoms with E-state index in [4.69, 9.17) is 9.52 Å². The number of carbonyl (C=O) groups is 2. The molecule has 7 heteroatoms. The molecule has 5 nitrogen and oxygen atoms in total. The zero-order chi connectivity index (χ0) is 22.7. The van der Waals surface area contributed by atoms with Gasteiger partial charge >= 0.3 is 35.5 Å². The van der Waals surface area contributed by atoms with E-state index in [1.165, 1.54) is 18.2 Å². The zero-order valence-electron chi connectivity index (χ0n) is 19.7. The maximum absolute atomic E-state index is 13.8. The summed E-state index contributed by atoms with van der Waals surface area (Å²) in [6.07, 6.45) is 0.746. The summed E-state index contributed by atoms with van der Waals surface area (Å²) in [4.78, 5) is 22.9. The van der Waals surface area contributed by atoms with Crippen LogP contribution in [0, 0.1) is 12.7 Å². The number of aliphatic hydroxyl groups excluding tert-OH is 1. The third-order valence-corrected chi connectivity index (χ3v) is 5.11. The molecule has 0 fully saturated rings. The van der Waals surface area contributed by atoms with Crippen molar-refractivity contribution in [2.24, 2.45) is 0 Å². The van der Waals surface area contributed by atoms with Gasteiger partial charge in [0.05, 0.1) is 12.5 Å². The zero-order valence-corrected chi connectivity index (χ0v) is 20.7. The molecule has 2 N–H and O–H groups in total. The molecule has 0 aliphatic heterocycles. The Balaban J connectivity index is 0.00000272. The van der Waals surface area contributed by atoms with Crippen molar-refractivity contribution in [1.82, 2.24) is 0 Å². The number of aliphatic hydroxyl groups is 1. The van der Waals surface area contributed by atoms with Gasteiger partial charge in [-0.05, 0) is 53.8 Å². The summed E-state index contributed by atoms with van der Waals surface area (Å²) in [5.74, 6) is -1.24. The number of allylic oxidation sites excluding steroid dienone is 1. The second-order valence-corrected chi connectivity index (χ2v) is 7.94. The van der Waals surface area contributed by atoms with Crippen LogP contribution in [0.1, 0.15) is 50.9 Å². The summed E-state index contributed by atoms with van der Waals surface area (Å²) in [6.45, 7) is 5.80. The topological polar surface area (TPSA) is 87.7 Å². The summed E-state index contributed by atoms with van der Waals surface area (Å²) in [6, 6.07) is 10.7. The number of hydrogen-bond donors (Lipinski definition) is 2. The minimum absolute atomic E-state index is 0. The van der Waals surface area contributed by atoms with Crippen molar-refractivity contribution in [1.29, 1.82) is 0 Å². The quantitative estimate of drug-likeness (QED) is 0.409.